The third-order valence-corrected chi connectivity index (χ3v) is 5.54. The minimum absolute atomic E-state index is 1.08. The zero-order valence-corrected chi connectivity index (χ0v) is 14.3. The van der Waals surface area contributed by atoms with E-state index in [2.05, 4.69) is 55.2 Å². The Morgan fingerprint density at radius 1 is 1.13 bits per heavy atom. The number of para-hydroxylation sites is 1. The highest BCUT2D eigenvalue weighted by Crippen LogP contribution is 2.36. The van der Waals surface area contributed by atoms with Crippen molar-refractivity contribution in [2.45, 2.75) is 33.1 Å². The fraction of sp³-hybridized carbons (Fsp3) is 0.250. The molecule has 0 unspecified atom stereocenters. The van der Waals surface area contributed by atoms with Gasteiger partial charge < -0.3 is 4.98 Å². The van der Waals surface area contributed by atoms with Crippen molar-refractivity contribution in [2.24, 2.45) is 0 Å². The van der Waals surface area contributed by atoms with Crippen molar-refractivity contribution in [1.82, 2.24) is 9.97 Å². The van der Waals surface area contributed by atoms with Gasteiger partial charge in [0.15, 0.2) is 0 Å². The number of fused-ring (bicyclic) bond motifs is 3. The molecule has 0 aliphatic carbocycles. The minimum Gasteiger partial charge on any atom is -0.353 e. The number of unbranched alkanes of at least 4 members (excludes halogenated alkanes) is 1. The number of hydrogen-bond acceptors (Lipinski definition) is 2. The average molecular weight is 320 g/mol. The lowest BCUT2D eigenvalue weighted by atomic mass is 10.1. The molecule has 0 fully saturated rings. The number of aryl methyl sites for hydroxylation is 2. The largest absolute Gasteiger partial charge is 0.353 e. The van der Waals surface area contributed by atoms with Crippen molar-refractivity contribution >= 4 is 33.1 Å². The Hall–Kier alpha value is -2.13. The first-order valence-corrected chi connectivity index (χ1v) is 9.04. The Morgan fingerprint density at radius 3 is 2.87 bits per heavy atom. The first-order valence-electron chi connectivity index (χ1n) is 8.23. The van der Waals surface area contributed by atoms with Crippen LogP contribution in [0.5, 0.6) is 0 Å². The van der Waals surface area contributed by atoms with Crippen molar-refractivity contribution in [1.29, 1.82) is 0 Å². The molecule has 3 heterocycles. The van der Waals surface area contributed by atoms with Crippen LogP contribution in [0, 0.1) is 6.92 Å². The summed E-state index contributed by atoms with van der Waals surface area (Å²) in [5.41, 5.74) is 4.68. The van der Waals surface area contributed by atoms with Crippen LogP contribution < -0.4 is 0 Å². The number of aromatic amines is 1. The molecule has 3 heteroatoms. The first kappa shape index (κ1) is 14.5. The van der Waals surface area contributed by atoms with Gasteiger partial charge in [0.2, 0.25) is 0 Å². The van der Waals surface area contributed by atoms with Gasteiger partial charge in [-0.2, -0.15) is 0 Å². The molecular weight excluding hydrogens is 300 g/mol. The molecule has 0 radical (unpaired) electrons. The Bertz CT molecular complexity index is 978. The van der Waals surface area contributed by atoms with Gasteiger partial charge in [-0.3, -0.25) is 4.98 Å². The summed E-state index contributed by atoms with van der Waals surface area (Å²) < 4.78 is 0. The number of rotatable bonds is 4. The lowest BCUT2D eigenvalue weighted by Crippen LogP contribution is -1.85. The molecule has 0 saturated heterocycles. The molecule has 1 aromatic carbocycles. The van der Waals surface area contributed by atoms with E-state index in [1.807, 2.05) is 17.5 Å². The number of pyridine rings is 1. The quantitative estimate of drug-likeness (QED) is 0.484. The van der Waals surface area contributed by atoms with E-state index in [1.165, 1.54) is 50.9 Å². The third-order valence-electron chi connectivity index (χ3n) is 4.43. The Labute approximate surface area is 140 Å². The molecule has 23 heavy (non-hydrogen) atoms. The minimum atomic E-state index is 1.08. The van der Waals surface area contributed by atoms with Gasteiger partial charge in [-0.15, -0.1) is 11.3 Å². The van der Waals surface area contributed by atoms with Crippen LogP contribution in [0.2, 0.25) is 0 Å². The van der Waals surface area contributed by atoms with E-state index in [1.54, 1.807) is 0 Å². The number of benzene rings is 1. The Balaban J connectivity index is 1.90. The molecule has 0 aliphatic rings. The lowest BCUT2D eigenvalue weighted by Gasteiger charge is -2.01. The van der Waals surface area contributed by atoms with Crippen molar-refractivity contribution in [2.75, 3.05) is 0 Å². The van der Waals surface area contributed by atoms with E-state index in [0.717, 1.165) is 11.2 Å². The summed E-state index contributed by atoms with van der Waals surface area (Å²) >= 11 is 1.91. The number of thiophene rings is 1. The van der Waals surface area contributed by atoms with Gasteiger partial charge in [0.05, 0.1) is 11.2 Å². The maximum Gasteiger partial charge on any atom is 0.0954 e. The molecule has 3 aromatic heterocycles. The monoisotopic (exact) mass is 320 g/mol. The number of aromatic nitrogens is 2. The zero-order chi connectivity index (χ0) is 15.8. The molecule has 0 saturated carbocycles. The van der Waals surface area contributed by atoms with Gasteiger partial charge in [-0.25, -0.2) is 0 Å². The summed E-state index contributed by atoms with van der Waals surface area (Å²) in [7, 11) is 0. The standard InChI is InChI=1S/C20H20N2S/c1-3-4-7-14-12-17(13(2)23-14)19-20-16(10-11-21-19)15-8-5-6-9-18(15)22-20/h5-6,8-12,22H,3-4,7H2,1-2H3. The van der Waals surface area contributed by atoms with Crippen molar-refractivity contribution in [3.05, 3.63) is 52.3 Å². The molecule has 0 atom stereocenters. The highest BCUT2D eigenvalue weighted by molar-refractivity contribution is 7.12. The summed E-state index contributed by atoms with van der Waals surface area (Å²) in [4.78, 5) is 11.1. The second kappa shape index (κ2) is 5.82. The van der Waals surface area contributed by atoms with Gasteiger partial charge >= 0.3 is 0 Å². The van der Waals surface area contributed by atoms with Crippen molar-refractivity contribution < 1.29 is 0 Å². The van der Waals surface area contributed by atoms with E-state index in [9.17, 15) is 0 Å². The zero-order valence-electron chi connectivity index (χ0n) is 13.5. The number of nitrogens with zero attached hydrogens (tertiary/aromatic N) is 1. The maximum absolute atomic E-state index is 4.70. The fourth-order valence-corrected chi connectivity index (χ4v) is 4.31. The van der Waals surface area contributed by atoms with Crippen LogP contribution in [-0.2, 0) is 6.42 Å². The Morgan fingerprint density at radius 2 is 2.00 bits per heavy atom. The molecule has 0 aliphatic heterocycles. The van der Waals surface area contributed by atoms with Crippen LogP contribution in [0.15, 0.2) is 42.6 Å². The molecule has 0 amide bonds. The van der Waals surface area contributed by atoms with Crippen LogP contribution in [0.1, 0.15) is 29.5 Å². The van der Waals surface area contributed by atoms with Crippen LogP contribution in [-0.4, -0.2) is 9.97 Å². The molecule has 116 valence electrons. The topological polar surface area (TPSA) is 28.7 Å². The van der Waals surface area contributed by atoms with Crippen molar-refractivity contribution in [3.63, 3.8) is 0 Å². The summed E-state index contributed by atoms with van der Waals surface area (Å²) in [6.45, 7) is 4.45. The number of H-pyrrole nitrogens is 1. The van der Waals surface area contributed by atoms with Crippen molar-refractivity contribution in [3.8, 4) is 11.3 Å². The van der Waals surface area contributed by atoms with Crippen LogP contribution in [0.25, 0.3) is 33.1 Å². The molecule has 0 spiro atoms. The number of hydrogen-bond donors (Lipinski definition) is 1. The first-order chi connectivity index (χ1) is 11.3. The SMILES string of the molecule is CCCCc1cc(-c2nccc3c2[nH]c2ccccc23)c(C)s1. The molecule has 2 nitrogen and oxygen atoms in total. The smallest absolute Gasteiger partial charge is 0.0954 e. The predicted molar refractivity (Wildman–Crippen MR) is 100 cm³/mol. The second-order valence-corrected chi connectivity index (χ2v) is 7.38. The molecule has 1 N–H and O–H groups in total. The van der Waals surface area contributed by atoms with Gasteiger partial charge in [0.1, 0.15) is 0 Å². The van der Waals surface area contributed by atoms with Crippen LogP contribution in [0.3, 0.4) is 0 Å². The van der Waals surface area contributed by atoms with E-state index in [4.69, 9.17) is 4.98 Å². The van der Waals surface area contributed by atoms with E-state index >= 15 is 0 Å². The summed E-state index contributed by atoms with van der Waals surface area (Å²) in [6, 6.07) is 12.9. The third kappa shape index (κ3) is 2.45. The van der Waals surface area contributed by atoms with Crippen LogP contribution in [0.4, 0.5) is 0 Å². The van der Waals surface area contributed by atoms with Gasteiger partial charge in [0, 0.05) is 37.8 Å². The maximum atomic E-state index is 4.70. The summed E-state index contributed by atoms with van der Waals surface area (Å²) in [5.74, 6) is 0. The highest BCUT2D eigenvalue weighted by Gasteiger charge is 2.14. The average Bonchev–Trinajstić information content (AvgIpc) is 3.13. The van der Waals surface area contributed by atoms with E-state index < -0.39 is 0 Å². The fourth-order valence-electron chi connectivity index (χ4n) is 3.23. The Kier molecular flexibility index (Phi) is 3.66. The van der Waals surface area contributed by atoms with Gasteiger partial charge in [-0.05, 0) is 38.0 Å². The lowest BCUT2D eigenvalue weighted by molar-refractivity contribution is 0.804. The van der Waals surface area contributed by atoms with E-state index in [0.29, 0.717) is 0 Å². The van der Waals surface area contributed by atoms with Crippen LogP contribution >= 0.6 is 11.3 Å². The molecule has 4 aromatic rings. The molecular formula is C20H20N2S. The summed E-state index contributed by atoms with van der Waals surface area (Å²) in [5, 5.41) is 2.52. The van der Waals surface area contributed by atoms with E-state index in [-0.39, 0.29) is 0 Å². The predicted octanol–water partition coefficient (Wildman–Crippen LogP) is 6.10. The van der Waals surface area contributed by atoms with Gasteiger partial charge in [-0.1, -0.05) is 31.5 Å². The normalized spacial score (nSPS) is 11.6. The molecule has 0 bridgehead atoms. The number of nitrogens with one attached hydrogen (secondary N) is 1. The van der Waals surface area contributed by atoms with Gasteiger partial charge in [0.25, 0.3) is 0 Å². The summed E-state index contributed by atoms with van der Waals surface area (Å²) in [6.07, 6.45) is 5.59. The molecule has 4 rings (SSSR count). The second-order valence-electron chi connectivity index (χ2n) is 6.04. The highest BCUT2D eigenvalue weighted by atomic mass is 32.1.